The second-order valence-corrected chi connectivity index (χ2v) is 4.64. The summed E-state index contributed by atoms with van der Waals surface area (Å²) in [5, 5.41) is 4.28. The zero-order valence-corrected chi connectivity index (χ0v) is 9.18. The van der Waals surface area contributed by atoms with Gasteiger partial charge in [-0.3, -0.25) is 0 Å². The monoisotopic (exact) mass is 209 g/mol. The minimum atomic E-state index is 0.795. The predicted molar refractivity (Wildman–Crippen MR) is 58.5 cm³/mol. The quantitative estimate of drug-likeness (QED) is 0.604. The van der Waals surface area contributed by atoms with E-state index in [-0.39, 0.29) is 0 Å². The first-order chi connectivity index (χ1) is 6.84. The van der Waals surface area contributed by atoms with Crippen molar-refractivity contribution in [2.75, 3.05) is 18.8 Å². The van der Waals surface area contributed by atoms with Crippen LogP contribution in [0.3, 0.4) is 0 Å². The molecule has 76 valence electrons. The molecule has 1 aliphatic heterocycles. The molecule has 0 unspecified atom stereocenters. The maximum Gasteiger partial charge on any atom is 0.187 e. The van der Waals surface area contributed by atoms with E-state index in [1.54, 1.807) is 11.8 Å². The fourth-order valence-electron chi connectivity index (χ4n) is 1.54. The largest absolute Gasteiger partial charge is 0.316 e. The van der Waals surface area contributed by atoms with Gasteiger partial charge >= 0.3 is 0 Å². The molecule has 1 aromatic rings. The minimum Gasteiger partial charge on any atom is -0.316 e. The second-order valence-electron chi connectivity index (χ2n) is 3.65. The standard InChI is InChI=1S/C10H15N3S/c1-8-2-5-12-10(13-8)14-7-9-3-4-11-6-9/h2,5,9,11H,3-4,6-7H2,1H3/t9-/m0/s1. The van der Waals surface area contributed by atoms with Crippen LogP contribution in [-0.4, -0.2) is 28.8 Å². The van der Waals surface area contributed by atoms with E-state index in [2.05, 4.69) is 15.3 Å². The van der Waals surface area contributed by atoms with Gasteiger partial charge in [0.2, 0.25) is 0 Å². The van der Waals surface area contributed by atoms with Gasteiger partial charge in [-0.1, -0.05) is 11.8 Å². The lowest BCUT2D eigenvalue weighted by Gasteiger charge is -2.06. The number of nitrogens with zero attached hydrogens (tertiary/aromatic N) is 2. The van der Waals surface area contributed by atoms with E-state index < -0.39 is 0 Å². The Hall–Kier alpha value is -0.610. The number of thioether (sulfide) groups is 1. The Kier molecular flexibility index (Phi) is 3.37. The number of nitrogens with one attached hydrogen (secondary N) is 1. The molecule has 3 nitrogen and oxygen atoms in total. The maximum atomic E-state index is 4.37. The van der Waals surface area contributed by atoms with Crippen LogP contribution in [0.5, 0.6) is 0 Å². The van der Waals surface area contributed by atoms with E-state index in [4.69, 9.17) is 0 Å². The number of hydrogen-bond donors (Lipinski definition) is 1. The SMILES string of the molecule is Cc1ccnc(SC[C@H]2CCNC2)n1. The van der Waals surface area contributed by atoms with E-state index in [1.807, 2.05) is 19.2 Å². The van der Waals surface area contributed by atoms with Gasteiger partial charge in [0.1, 0.15) is 0 Å². The van der Waals surface area contributed by atoms with E-state index in [1.165, 1.54) is 13.0 Å². The lowest BCUT2D eigenvalue weighted by molar-refractivity contribution is 0.661. The van der Waals surface area contributed by atoms with Gasteiger partial charge in [0.05, 0.1) is 0 Å². The summed E-state index contributed by atoms with van der Waals surface area (Å²) in [4.78, 5) is 8.60. The number of rotatable bonds is 3. The molecule has 4 heteroatoms. The molecule has 14 heavy (non-hydrogen) atoms. The summed E-state index contributed by atoms with van der Waals surface area (Å²) in [5.41, 5.74) is 1.05. The van der Waals surface area contributed by atoms with Crippen LogP contribution in [-0.2, 0) is 0 Å². The van der Waals surface area contributed by atoms with Crippen molar-refractivity contribution in [3.8, 4) is 0 Å². The van der Waals surface area contributed by atoms with Gasteiger partial charge in [-0.05, 0) is 38.4 Å². The first-order valence-corrected chi connectivity index (χ1v) is 5.96. The van der Waals surface area contributed by atoms with E-state index in [9.17, 15) is 0 Å². The summed E-state index contributed by atoms with van der Waals surface area (Å²) in [6, 6.07) is 1.93. The van der Waals surface area contributed by atoms with E-state index in [0.717, 1.165) is 29.1 Å². The predicted octanol–water partition coefficient (Wildman–Crippen LogP) is 1.49. The van der Waals surface area contributed by atoms with Crippen molar-refractivity contribution in [3.63, 3.8) is 0 Å². The molecule has 0 aliphatic carbocycles. The average molecular weight is 209 g/mol. The first kappa shape index (κ1) is 9.93. The topological polar surface area (TPSA) is 37.8 Å². The van der Waals surface area contributed by atoms with Crippen LogP contribution in [0, 0.1) is 12.8 Å². The second kappa shape index (κ2) is 4.75. The van der Waals surface area contributed by atoms with Crippen molar-refractivity contribution < 1.29 is 0 Å². The van der Waals surface area contributed by atoms with Gasteiger partial charge in [0.25, 0.3) is 0 Å². The highest BCUT2D eigenvalue weighted by Crippen LogP contribution is 2.19. The van der Waals surface area contributed by atoms with Crippen molar-refractivity contribution >= 4 is 11.8 Å². The van der Waals surface area contributed by atoms with Gasteiger partial charge in [0, 0.05) is 17.6 Å². The summed E-state index contributed by atoms with van der Waals surface area (Å²) in [6.45, 7) is 4.32. The summed E-state index contributed by atoms with van der Waals surface area (Å²) >= 11 is 1.77. The lowest BCUT2D eigenvalue weighted by atomic mass is 10.2. The first-order valence-electron chi connectivity index (χ1n) is 4.98. The molecule has 1 atom stereocenters. The molecule has 0 aromatic carbocycles. The zero-order valence-electron chi connectivity index (χ0n) is 8.36. The van der Waals surface area contributed by atoms with Crippen LogP contribution in [0.4, 0.5) is 0 Å². The Bertz CT molecular complexity index is 297. The van der Waals surface area contributed by atoms with Crippen LogP contribution in [0.2, 0.25) is 0 Å². The summed E-state index contributed by atoms with van der Waals surface area (Å²) in [5.74, 6) is 1.93. The third-order valence-corrected chi connectivity index (χ3v) is 3.48. The smallest absolute Gasteiger partial charge is 0.187 e. The molecule has 2 heterocycles. The molecule has 0 bridgehead atoms. The molecule has 0 radical (unpaired) electrons. The van der Waals surface area contributed by atoms with Crippen LogP contribution in [0.15, 0.2) is 17.4 Å². The van der Waals surface area contributed by atoms with Crippen LogP contribution in [0.1, 0.15) is 12.1 Å². The Morgan fingerprint density at radius 1 is 1.64 bits per heavy atom. The highest BCUT2D eigenvalue weighted by molar-refractivity contribution is 7.99. The molecule has 1 saturated heterocycles. The van der Waals surface area contributed by atoms with Crippen LogP contribution in [0.25, 0.3) is 0 Å². The highest BCUT2D eigenvalue weighted by atomic mass is 32.2. The normalized spacial score (nSPS) is 21.4. The fraction of sp³-hybridized carbons (Fsp3) is 0.600. The lowest BCUT2D eigenvalue weighted by Crippen LogP contribution is -2.10. The van der Waals surface area contributed by atoms with Crippen molar-refractivity contribution in [2.45, 2.75) is 18.5 Å². The molecule has 1 fully saturated rings. The molecule has 1 N–H and O–H groups in total. The van der Waals surface area contributed by atoms with Gasteiger partial charge in [0.15, 0.2) is 5.16 Å². The van der Waals surface area contributed by atoms with Gasteiger partial charge in [-0.15, -0.1) is 0 Å². The van der Waals surface area contributed by atoms with Crippen LogP contribution < -0.4 is 5.32 Å². The molecule has 0 amide bonds. The Morgan fingerprint density at radius 2 is 2.57 bits per heavy atom. The number of aryl methyl sites for hydroxylation is 1. The Balaban J connectivity index is 1.85. The Labute approximate surface area is 88.7 Å². The minimum absolute atomic E-state index is 0.795. The fourth-order valence-corrected chi connectivity index (χ4v) is 2.56. The number of aromatic nitrogens is 2. The van der Waals surface area contributed by atoms with Gasteiger partial charge in [-0.2, -0.15) is 0 Å². The molecule has 2 rings (SSSR count). The highest BCUT2D eigenvalue weighted by Gasteiger charge is 2.14. The molecular formula is C10H15N3S. The summed E-state index contributed by atoms with van der Waals surface area (Å²) in [7, 11) is 0. The Morgan fingerprint density at radius 3 is 3.29 bits per heavy atom. The summed E-state index contributed by atoms with van der Waals surface area (Å²) in [6.07, 6.45) is 3.12. The van der Waals surface area contributed by atoms with Crippen molar-refractivity contribution in [2.24, 2.45) is 5.92 Å². The van der Waals surface area contributed by atoms with E-state index >= 15 is 0 Å². The molecule has 0 spiro atoms. The van der Waals surface area contributed by atoms with E-state index in [0.29, 0.717) is 0 Å². The third-order valence-electron chi connectivity index (χ3n) is 2.38. The van der Waals surface area contributed by atoms with Crippen molar-refractivity contribution in [1.29, 1.82) is 0 Å². The van der Waals surface area contributed by atoms with Gasteiger partial charge < -0.3 is 5.32 Å². The van der Waals surface area contributed by atoms with Crippen molar-refractivity contribution in [3.05, 3.63) is 18.0 Å². The molecule has 0 saturated carbocycles. The molecular weight excluding hydrogens is 194 g/mol. The van der Waals surface area contributed by atoms with Gasteiger partial charge in [-0.25, -0.2) is 9.97 Å². The number of hydrogen-bond acceptors (Lipinski definition) is 4. The molecule has 1 aromatic heterocycles. The van der Waals surface area contributed by atoms with Crippen LogP contribution >= 0.6 is 11.8 Å². The van der Waals surface area contributed by atoms with Crippen molar-refractivity contribution in [1.82, 2.24) is 15.3 Å². The summed E-state index contributed by atoms with van der Waals surface area (Å²) < 4.78 is 0. The zero-order chi connectivity index (χ0) is 9.80. The molecule has 1 aliphatic rings. The third kappa shape index (κ3) is 2.69. The maximum absolute atomic E-state index is 4.37. The average Bonchev–Trinajstić information content (AvgIpc) is 2.67.